The predicted molar refractivity (Wildman–Crippen MR) is 138 cm³/mol. The molecule has 2 aliphatic heterocycles. The zero-order valence-electron chi connectivity index (χ0n) is 18.8. The van der Waals surface area contributed by atoms with Gasteiger partial charge in [-0.2, -0.15) is 0 Å². The van der Waals surface area contributed by atoms with Gasteiger partial charge in [-0.3, -0.25) is 9.79 Å². The maximum absolute atomic E-state index is 12.4. The minimum atomic E-state index is -0.0332. The van der Waals surface area contributed by atoms with Gasteiger partial charge in [-0.05, 0) is 43.0 Å². The molecule has 0 saturated carbocycles. The molecular formula is C24H34IN5O2. The van der Waals surface area contributed by atoms with Crippen LogP contribution < -0.4 is 5.32 Å². The fourth-order valence-electron chi connectivity index (χ4n) is 4.46. The largest absolute Gasteiger partial charge is 0.459 e. The summed E-state index contributed by atoms with van der Waals surface area (Å²) >= 11 is 0. The Labute approximate surface area is 207 Å². The fraction of sp³-hybridized carbons (Fsp3) is 0.500. The molecule has 2 fully saturated rings. The third kappa shape index (κ3) is 6.48. The van der Waals surface area contributed by atoms with Crippen LogP contribution in [0.25, 0.3) is 0 Å². The normalized spacial score (nSPS) is 19.7. The van der Waals surface area contributed by atoms with Gasteiger partial charge in [-0.25, -0.2) is 0 Å². The van der Waals surface area contributed by atoms with E-state index >= 15 is 0 Å². The number of furan rings is 1. The summed E-state index contributed by atoms with van der Waals surface area (Å²) in [5, 5.41) is 3.57. The minimum Gasteiger partial charge on any atom is -0.459 e. The summed E-state index contributed by atoms with van der Waals surface area (Å²) in [4.78, 5) is 23.6. The summed E-state index contributed by atoms with van der Waals surface area (Å²) in [7, 11) is 1.84. The predicted octanol–water partition coefficient (Wildman–Crippen LogP) is 2.80. The number of hydrogen-bond acceptors (Lipinski definition) is 4. The average Bonchev–Trinajstić information content (AvgIpc) is 3.51. The maximum Gasteiger partial charge on any atom is 0.289 e. The first-order chi connectivity index (χ1) is 15.2. The molecule has 1 unspecified atom stereocenters. The topological polar surface area (TPSA) is 64.3 Å². The second-order valence-corrected chi connectivity index (χ2v) is 8.38. The van der Waals surface area contributed by atoms with Gasteiger partial charge in [0.05, 0.1) is 6.26 Å². The number of rotatable bonds is 6. The number of likely N-dealkylation sites (tertiary alicyclic amines) is 1. The second kappa shape index (κ2) is 12.2. The van der Waals surface area contributed by atoms with Crippen molar-refractivity contribution in [1.82, 2.24) is 20.0 Å². The molecule has 7 nitrogen and oxygen atoms in total. The molecule has 4 rings (SSSR count). The van der Waals surface area contributed by atoms with Crippen LogP contribution in [0.15, 0.2) is 58.1 Å². The first kappa shape index (κ1) is 24.6. The number of carbonyl (C=O) groups excluding carboxylic acids is 1. The van der Waals surface area contributed by atoms with Gasteiger partial charge in [-0.1, -0.05) is 30.3 Å². The zero-order chi connectivity index (χ0) is 21.5. The van der Waals surface area contributed by atoms with Gasteiger partial charge < -0.3 is 24.4 Å². The molecule has 1 amide bonds. The molecule has 174 valence electrons. The maximum atomic E-state index is 12.4. The Bertz CT molecular complexity index is 851. The lowest BCUT2D eigenvalue weighted by molar-refractivity contribution is 0.0657. The van der Waals surface area contributed by atoms with Gasteiger partial charge in [0, 0.05) is 52.9 Å². The Morgan fingerprint density at radius 2 is 1.81 bits per heavy atom. The summed E-state index contributed by atoms with van der Waals surface area (Å²) in [5.74, 6) is 1.96. The molecule has 32 heavy (non-hydrogen) atoms. The Morgan fingerprint density at radius 1 is 1.06 bits per heavy atom. The van der Waals surface area contributed by atoms with E-state index in [0.29, 0.717) is 24.8 Å². The number of hydrogen-bond donors (Lipinski definition) is 1. The molecule has 0 radical (unpaired) electrons. The van der Waals surface area contributed by atoms with Gasteiger partial charge in [0.15, 0.2) is 11.7 Å². The van der Waals surface area contributed by atoms with Crippen molar-refractivity contribution in [3.05, 3.63) is 60.1 Å². The lowest BCUT2D eigenvalue weighted by Crippen LogP contribution is -2.54. The van der Waals surface area contributed by atoms with Crippen molar-refractivity contribution in [2.45, 2.75) is 12.8 Å². The SMILES string of the molecule is CN=C(NCC1CCN(CCc2ccccc2)C1)N1CCN(C(=O)c2ccco2)CC1.I. The van der Waals surface area contributed by atoms with E-state index in [4.69, 9.17) is 4.42 Å². The Balaban J connectivity index is 0.00000289. The monoisotopic (exact) mass is 551 g/mol. The molecule has 0 aliphatic carbocycles. The number of nitrogens with zero attached hydrogens (tertiary/aromatic N) is 4. The van der Waals surface area contributed by atoms with Gasteiger partial charge in [0.25, 0.3) is 5.91 Å². The van der Waals surface area contributed by atoms with Crippen molar-refractivity contribution in [2.24, 2.45) is 10.9 Å². The minimum absolute atomic E-state index is 0. The number of benzene rings is 1. The van der Waals surface area contributed by atoms with E-state index in [1.54, 1.807) is 18.4 Å². The lowest BCUT2D eigenvalue weighted by Gasteiger charge is -2.36. The zero-order valence-corrected chi connectivity index (χ0v) is 21.1. The number of carbonyl (C=O) groups is 1. The first-order valence-electron chi connectivity index (χ1n) is 11.3. The number of halogens is 1. The average molecular weight is 551 g/mol. The van der Waals surface area contributed by atoms with E-state index in [-0.39, 0.29) is 29.9 Å². The third-order valence-corrected chi connectivity index (χ3v) is 6.29. The molecule has 1 N–H and O–H groups in total. The highest BCUT2D eigenvalue weighted by atomic mass is 127. The molecule has 2 saturated heterocycles. The van der Waals surface area contributed by atoms with E-state index in [1.165, 1.54) is 18.5 Å². The number of amides is 1. The van der Waals surface area contributed by atoms with Crippen molar-refractivity contribution in [3.8, 4) is 0 Å². The van der Waals surface area contributed by atoms with Gasteiger partial charge in [-0.15, -0.1) is 24.0 Å². The van der Waals surface area contributed by atoms with Crippen molar-refractivity contribution >= 4 is 35.8 Å². The van der Waals surface area contributed by atoms with Crippen LogP contribution in [0.1, 0.15) is 22.5 Å². The number of nitrogens with one attached hydrogen (secondary N) is 1. The first-order valence-corrected chi connectivity index (χ1v) is 11.3. The quantitative estimate of drug-likeness (QED) is 0.340. The van der Waals surface area contributed by atoms with E-state index in [2.05, 4.69) is 50.4 Å². The molecule has 1 aromatic carbocycles. The highest BCUT2D eigenvalue weighted by Crippen LogP contribution is 2.16. The number of piperazine rings is 1. The van der Waals surface area contributed by atoms with Crippen LogP contribution in [0.2, 0.25) is 0 Å². The smallest absolute Gasteiger partial charge is 0.289 e. The molecule has 0 bridgehead atoms. The summed E-state index contributed by atoms with van der Waals surface area (Å²) in [6.45, 7) is 7.29. The van der Waals surface area contributed by atoms with Crippen LogP contribution in [0.4, 0.5) is 0 Å². The second-order valence-electron chi connectivity index (χ2n) is 8.38. The fourth-order valence-corrected chi connectivity index (χ4v) is 4.46. The standard InChI is InChI=1S/C24H33N5O2.HI/c1-25-24(29-15-13-28(14-16-29)23(30)22-8-5-17-31-22)26-18-21-10-12-27(19-21)11-9-20-6-3-2-4-7-20;/h2-8,17,21H,9-16,18-19H2,1H3,(H,25,26);1H. The van der Waals surface area contributed by atoms with Gasteiger partial charge >= 0.3 is 0 Å². The summed E-state index contributed by atoms with van der Waals surface area (Å²) in [6.07, 6.45) is 3.88. The van der Waals surface area contributed by atoms with Crippen LogP contribution >= 0.6 is 24.0 Å². The molecule has 0 spiro atoms. The summed E-state index contributed by atoms with van der Waals surface area (Å²) in [5.41, 5.74) is 1.41. The van der Waals surface area contributed by atoms with Crippen LogP contribution in [0.3, 0.4) is 0 Å². The van der Waals surface area contributed by atoms with Gasteiger partial charge in [0.1, 0.15) is 0 Å². The molecule has 1 atom stereocenters. The van der Waals surface area contributed by atoms with Crippen molar-refractivity contribution in [1.29, 1.82) is 0 Å². The van der Waals surface area contributed by atoms with E-state index in [1.807, 2.05) is 11.9 Å². The molecule has 3 heterocycles. The van der Waals surface area contributed by atoms with Crippen LogP contribution in [-0.4, -0.2) is 86.0 Å². The van der Waals surface area contributed by atoms with E-state index in [9.17, 15) is 4.79 Å². The van der Waals surface area contributed by atoms with Crippen molar-refractivity contribution in [3.63, 3.8) is 0 Å². The van der Waals surface area contributed by atoms with Crippen molar-refractivity contribution < 1.29 is 9.21 Å². The summed E-state index contributed by atoms with van der Waals surface area (Å²) in [6, 6.07) is 14.2. The highest BCUT2D eigenvalue weighted by Gasteiger charge is 2.26. The van der Waals surface area contributed by atoms with Crippen LogP contribution in [0, 0.1) is 5.92 Å². The molecule has 2 aromatic rings. The molecule has 8 heteroatoms. The van der Waals surface area contributed by atoms with E-state index < -0.39 is 0 Å². The lowest BCUT2D eigenvalue weighted by atomic mass is 10.1. The third-order valence-electron chi connectivity index (χ3n) is 6.29. The Morgan fingerprint density at radius 3 is 2.50 bits per heavy atom. The number of guanidine groups is 1. The van der Waals surface area contributed by atoms with Crippen molar-refractivity contribution in [2.75, 3.05) is 59.4 Å². The van der Waals surface area contributed by atoms with Crippen LogP contribution in [-0.2, 0) is 6.42 Å². The van der Waals surface area contributed by atoms with Gasteiger partial charge in [0.2, 0.25) is 0 Å². The molecule has 2 aliphatic rings. The summed E-state index contributed by atoms with van der Waals surface area (Å²) < 4.78 is 5.25. The molecule has 1 aromatic heterocycles. The molecular weight excluding hydrogens is 517 g/mol. The van der Waals surface area contributed by atoms with Crippen LogP contribution in [0.5, 0.6) is 0 Å². The number of aliphatic imine (C=N–C) groups is 1. The van der Waals surface area contributed by atoms with E-state index in [0.717, 1.165) is 45.1 Å². The highest BCUT2D eigenvalue weighted by molar-refractivity contribution is 14.0. The Kier molecular flexibility index (Phi) is 9.40. The Hall–Kier alpha value is -2.07.